The summed E-state index contributed by atoms with van der Waals surface area (Å²) in [6.45, 7) is 1.31. The average molecular weight is 436 g/mol. The molecule has 1 aromatic heterocycles. The first-order valence-electron chi connectivity index (χ1n) is 8.45. The van der Waals surface area contributed by atoms with E-state index in [1.54, 1.807) is 0 Å². The third-order valence-corrected chi connectivity index (χ3v) is 4.61. The maximum absolute atomic E-state index is 13.3. The van der Waals surface area contributed by atoms with Crippen molar-refractivity contribution in [3.05, 3.63) is 86.7 Å². The lowest BCUT2D eigenvalue weighted by Crippen LogP contribution is -2.13. The Kier molecular flexibility index (Phi) is 5.75. The van der Waals surface area contributed by atoms with Gasteiger partial charge in [0.05, 0.1) is 21.7 Å². The number of rotatable bonds is 4. The van der Waals surface area contributed by atoms with Crippen LogP contribution in [0.4, 0.5) is 24.5 Å². The van der Waals surface area contributed by atoms with Crippen LogP contribution in [0.15, 0.2) is 54.9 Å². The molecule has 0 spiro atoms. The van der Waals surface area contributed by atoms with Gasteiger partial charge in [0.25, 0.3) is 11.6 Å². The summed E-state index contributed by atoms with van der Waals surface area (Å²) in [5.41, 5.74) is -1.12. The monoisotopic (exact) mass is 435 g/mol. The van der Waals surface area contributed by atoms with Crippen LogP contribution in [0.25, 0.3) is 11.1 Å². The van der Waals surface area contributed by atoms with Crippen LogP contribution in [-0.2, 0) is 6.18 Å². The maximum atomic E-state index is 13.3. The van der Waals surface area contributed by atoms with Crippen molar-refractivity contribution >= 4 is 28.9 Å². The number of nitrogens with one attached hydrogen (secondary N) is 1. The van der Waals surface area contributed by atoms with Crippen molar-refractivity contribution in [1.82, 2.24) is 4.98 Å². The highest BCUT2D eigenvalue weighted by molar-refractivity contribution is 6.33. The van der Waals surface area contributed by atoms with Crippen LogP contribution in [0.2, 0.25) is 5.02 Å². The number of anilines is 1. The maximum Gasteiger partial charge on any atom is 0.416 e. The molecule has 0 radical (unpaired) electrons. The predicted molar refractivity (Wildman–Crippen MR) is 105 cm³/mol. The molecule has 3 rings (SSSR count). The molecule has 1 amide bonds. The smallest absolute Gasteiger partial charge is 0.321 e. The van der Waals surface area contributed by atoms with Crippen LogP contribution in [0.3, 0.4) is 0 Å². The Hall–Kier alpha value is -3.46. The molecule has 154 valence electrons. The fourth-order valence-electron chi connectivity index (χ4n) is 2.83. The van der Waals surface area contributed by atoms with E-state index in [0.717, 1.165) is 18.2 Å². The average Bonchev–Trinajstić information content (AvgIpc) is 2.68. The predicted octanol–water partition coefficient (Wildman–Crippen LogP) is 5.89. The molecule has 6 nitrogen and oxygen atoms in total. The molecule has 0 aliphatic heterocycles. The van der Waals surface area contributed by atoms with E-state index in [4.69, 9.17) is 11.6 Å². The van der Waals surface area contributed by atoms with Gasteiger partial charge < -0.3 is 5.32 Å². The molecular formula is C20H13ClF3N3O3. The van der Waals surface area contributed by atoms with Crippen molar-refractivity contribution in [2.24, 2.45) is 0 Å². The molecule has 0 saturated heterocycles. The van der Waals surface area contributed by atoms with Crippen LogP contribution < -0.4 is 5.32 Å². The van der Waals surface area contributed by atoms with Gasteiger partial charge in [0.1, 0.15) is 5.02 Å². The molecular weight excluding hydrogens is 423 g/mol. The molecule has 1 N–H and O–H groups in total. The zero-order valence-corrected chi connectivity index (χ0v) is 16.1. The number of nitro benzene ring substituents is 1. The lowest BCUT2D eigenvalue weighted by Gasteiger charge is -2.15. The Morgan fingerprint density at radius 2 is 1.93 bits per heavy atom. The molecule has 0 saturated carbocycles. The molecule has 0 bridgehead atoms. The van der Waals surface area contributed by atoms with E-state index < -0.39 is 28.3 Å². The molecule has 10 heteroatoms. The number of nitro groups is 1. The lowest BCUT2D eigenvalue weighted by atomic mass is 9.97. The molecule has 0 aliphatic carbocycles. The van der Waals surface area contributed by atoms with E-state index in [1.807, 2.05) is 0 Å². The summed E-state index contributed by atoms with van der Waals surface area (Å²) >= 11 is 5.96. The number of hydrogen-bond donors (Lipinski definition) is 1. The van der Waals surface area contributed by atoms with Crippen molar-refractivity contribution < 1.29 is 22.9 Å². The van der Waals surface area contributed by atoms with E-state index in [-0.39, 0.29) is 33.0 Å². The topological polar surface area (TPSA) is 85.1 Å². The molecule has 0 atom stereocenters. The van der Waals surface area contributed by atoms with Gasteiger partial charge in [-0.1, -0.05) is 23.7 Å². The number of aromatic nitrogens is 1. The number of aryl methyl sites for hydroxylation is 1. The SMILES string of the molecule is Cc1ccc(-c2cc([N+](=O)[O-])c(Cl)cc2NC(=O)c2cccnc2)cc1C(F)(F)F. The summed E-state index contributed by atoms with van der Waals surface area (Å²) < 4.78 is 40.0. The molecule has 0 aliphatic rings. The molecule has 3 aromatic rings. The van der Waals surface area contributed by atoms with Crippen LogP contribution in [-0.4, -0.2) is 15.8 Å². The zero-order valence-electron chi connectivity index (χ0n) is 15.3. The third kappa shape index (κ3) is 4.41. The normalized spacial score (nSPS) is 11.2. The summed E-state index contributed by atoms with van der Waals surface area (Å²) in [5.74, 6) is -0.600. The van der Waals surface area contributed by atoms with E-state index in [2.05, 4.69) is 10.3 Å². The van der Waals surface area contributed by atoms with Gasteiger partial charge in [-0.3, -0.25) is 19.9 Å². The van der Waals surface area contributed by atoms with Crippen molar-refractivity contribution in [2.45, 2.75) is 13.1 Å². The van der Waals surface area contributed by atoms with Crippen molar-refractivity contribution in [1.29, 1.82) is 0 Å². The van der Waals surface area contributed by atoms with Gasteiger partial charge in [0, 0.05) is 24.0 Å². The number of nitrogens with zero attached hydrogens (tertiary/aromatic N) is 2. The standard InChI is InChI=1S/C20H13ClF3N3O3/c1-11-4-5-12(7-15(11)20(22,23)24)14-8-18(27(29)30)16(21)9-17(14)26-19(28)13-3-2-6-25-10-13/h2-10H,1H3,(H,26,28). The Balaban J connectivity index is 2.16. The van der Waals surface area contributed by atoms with E-state index in [1.165, 1.54) is 43.6 Å². The van der Waals surface area contributed by atoms with Gasteiger partial charge >= 0.3 is 6.18 Å². The van der Waals surface area contributed by atoms with Crippen molar-refractivity contribution in [3.8, 4) is 11.1 Å². The number of carbonyl (C=O) groups is 1. The summed E-state index contributed by atoms with van der Waals surface area (Å²) in [6, 6.07) is 8.71. The largest absolute Gasteiger partial charge is 0.416 e. The molecule has 0 fully saturated rings. The van der Waals surface area contributed by atoms with Crippen LogP contribution in [0.1, 0.15) is 21.5 Å². The lowest BCUT2D eigenvalue weighted by molar-refractivity contribution is -0.384. The van der Waals surface area contributed by atoms with Gasteiger partial charge in [0.15, 0.2) is 0 Å². The second-order valence-corrected chi connectivity index (χ2v) is 6.74. The number of halogens is 4. The minimum atomic E-state index is -4.61. The van der Waals surface area contributed by atoms with Crippen LogP contribution >= 0.6 is 11.6 Å². The van der Waals surface area contributed by atoms with Gasteiger partial charge in [-0.2, -0.15) is 13.2 Å². The van der Waals surface area contributed by atoms with Crippen LogP contribution in [0, 0.1) is 17.0 Å². The Morgan fingerprint density at radius 1 is 1.20 bits per heavy atom. The Labute approximate surface area is 173 Å². The number of pyridine rings is 1. The summed E-state index contributed by atoms with van der Waals surface area (Å²) in [6.07, 6.45) is -1.84. The summed E-state index contributed by atoms with van der Waals surface area (Å²) in [7, 11) is 0. The second kappa shape index (κ2) is 8.11. The summed E-state index contributed by atoms with van der Waals surface area (Å²) in [4.78, 5) is 26.9. The van der Waals surface area contributed by atoms with Crippen molar-refractivity contribution in [3.63, 3.8) is 0 Å². The first-order chi connectivity index (χ1) is 14.1. The van der Waals surface area contributed by atoms with E-state index in [0.29, 0.717) is 0 Å². The number of alkyl halides is 3. The molecule has 1 heterocycles. The number of amides is 1. The minimum Gasteiger partial charge on any atom is -0.321 e. The van der Waals surface area contributed by atoms with Gasteiger partial charge in [0.2, 0.25) is 0 Å². The Bertz CT molecular complexity index is 1140. The zero-order chi connectivity index (χ0) is 22.1. The van der Waals surface area contributed by atoms with Gasteiger partial charge in [-0.05, 0) is 42.3 Å². The van der Waals surface area contributed by atoms with E-state index >= 15 is 0 Å². The van der Waals surface area contributed by atoms with Gasteiger partial charge in [-0.25, -0.2) is 0 Å². The molecule has 0 unspecified atom stereocenters. The number of carbonyl (C=O) groups excluding carboxylic acids is 1. The second-order valence-electron chi connectivity index (χ2n) is 6.33. The first kappa shape index (κ1) is 21.3. The Morgan fingerprint density at radius 3 is 2.53 bits per heavy atom. The highest BCUT2D eigenvalue weighted by Gasteiger charge is 2.33. The summed E-state index contributed by atoms with van der Waals surface area (Å²) in [5, 5.41) is 13.6. The van der Waals surface area contributed by atoms with Crippen LogP contribution in [0.5, 0.6) is 0 Å². The minimum absolute atomic E-state index is 0.00402. The van der Waals surface area contributed by atoms with Crippen molar-refractivity contribution in [2.75, 3.05) is 5.32 Å². The third-order valence-electron chi connectivity index (χ3n) is 4.31. The number of hydrogen-bond acceptors (Lipinski definition) is 4. The van der Waals surface area contributed by atoms with E-state index in [9.17, 15) is 28.1 Å². The highest BCUT2D eigenvalue weighted by Crippen LogP contribution is 2.40. The quantitative estimate of drug-likeness (QED) is 0.409. The fraction of sp³-hybridized carbons (Fsp3) is 0.100. The molecule has 2 aromatic carbocycles. The molecule has 30 heavy (non-hydrogen) atoms. The fourth-order valence-corrected chi connectivity index (χ4v) is 3.06. The highest BCUT2D eigenvalue weighted by atomic mass is 35.5. The first-order valence-corrected chi connectivity index (χ1v) is 8.83. The number of benzene rings is 2. The van der Waals surface area contributed by atoms with Gasteiger partial charge in [-0.15, -0.1) is 0 Å².